The molecule has 3 nitrogen and oxygen atoms in total. The third-order valence-corrected chi connectivity index (χ3v) is 7.67. The standard InChI is InChI=1S/C16H19F17O3Si.CH3F/c1-4-34-37(35-5-2,36-6-3)8-7-9(17,18)10(19,20)11(21,22)12(23,24)13(25,26)14(27,28)15(29,30)16(31,32)33;1-2/h4-8H2,1-3H3;1H3. The smallest absolute Gasteiger partial charge is 0.374 e. The maximum atomic E-state index is 14.1. The second-order valence-corrected chi connectivity index (χ2v) is 9.86. The highest BCUT2D eigenvalue weighted by molar-refractivity contribution is 6.60. The molecule has 0 radical (unpaired) electrons. The van der Waals surface area contributed by atoms with Gasteiger partial charge in [-0.1, -0.05) is 0 Å². The first-order valence-corrected chi connectivity index (χ1v) is 12.1. The summed E-state index contributed by atoms with van der Waals surface area (Å²) in [5.41, 5.74) is 0. The molecule has 0 aliphatic rings. The van der Waals surface area contributed by atoms with Gasteiger partial charge in [-0.2, -0.15) is 74.6 Å². The fourth-order valence-corrected chi connectivity index (χ4v) is 5.29. The second kappa shape index (κ2) is 12.8. The minimum Gasteiger partial charge on any atom is -0.374 e. The lowest BCUT2D eigenvalue weighted by molar-refractivity contribution is -0.461. The fourth-order valence-electron chi connectivity index (χ4n) is 2.66. The summed E-state index contributed by atoms with van der Waals surface area (Å²) in [4.78, 5) is 0. The third-order valence-electron chi connectivity index (χ3n) is 4.63. The SMILES string of the molecule is CCO[Si](CCC(F)(F)C(F)(F)C(F)(F)C(F)(F)C(F)(F)C(F)(F)C(F)(F)C(F)(F)F)(OCC)OCC.CF. The van der Waals surface area contributed by atoms with Crippen molar-refractivity contribution in [1.82, 2.24) is 0 Å². The van der Waals surface area contributed by atoms with Crippen LogP contribution in [-0.4, -0.2) is 83.4 Å². The maximum absolute atomic E-state index is 14.1. The quantitative estimate of drug-likeness (QED) is 0.134. The van der Waals surface area contributed by atoms with Crippen LogP contribution in [0.15, 0.2) is 0 Å². The van der Waals surface area contributed by atoms with E-state index >= 15 is 0 Å². The first-order valence-electron chi connectivity index (χ1n) is 10.1. The van der Waals surface area contributed by atoms with Crippen LogP contribution < -0.4 is 0 Å². The maximum Gasteiger partial charge on any atom is 0.501 e. The monoisotopic (exact) mass is 644 g/mol. The molecule has 0 rings (SSSR count). The van der Waals surface area contributed by atoms with Crippen LogP contribution in [0.5, 0.6) is 0 Å². The number of halogens is 18. The molecular weight excluding hydrogens is 622 g/mol. The average molecular weight is 644 g/mol. The number of hydrogen-bond acceptors (Lipinski definition) is 3. The van der Waals surface area contributed by atoms with Gasteiger partial charge in [0.2, 0.25) is 0 Å². The summed E-state index contributed by atoms with van der Waals surface area (Å²) in [6.07, 6.45) is -10.4. The molecule has 22 heteroatoms. The zero-order valence-electron chi connectivity index (χ0n) is 20.1. The predicted octanol–water partition coefficient (Wildman–Crippen LogP) is 8.02. The largest absolute Gasteiger partial charge is 0.501 e. The van der Waals surface area contributed by atoms with Gasteiger partial charge in [0.05, 0.1) is 7.18 Å². The van der Waals surface area contributed by atoms with Gasteiger partial charge in [0.25, 0.3) is 0 Å². The van der Waals surface area contributed by atoms with Crippen molar-refractivity contribution in [3.05, 3.63) is 0 Å². The summed E-state index contributed by atoms with van der Waals surface area (Å²) >= 11 is 0. The Balaban J connectivity index is 0. The van der Waals surface area contributed by atoms with Crippen LogP contribution in [0, 0.1) is 0 Å². The van der Waals surface area contributed by atoms with Crippen molar-refractivity contribution < 1.29 is 92.3 Å². The van der Waals surface area contributed by atoms with Gasteiger partial charge in [-0.05, 0) is 20.8 Å². The van der Waals surface area contributed by atoms with Crippen LogP contribution >= 0.6 is 0 Å². The molecule has 0 bridgehead atoms. The van der Waals surface area contributed by atoms with E-state index in [1.54, 1.807) is 0 Å². The Bertz CT molecular complexity index is 739. The first-order chi connectivity index (χ1) is 17.1. The molecule has 0 amide bonds. The van der Waals surface area contributed by atoms with Gasteiger partial charge in [0, 0.05) is 32.3 Å². The minimum atomic E-state index is -8.65. The molecule has 0 unspecified atom stereocenters. The van der Waals surface area contributed by atoms with Crippen molar-refractivity contribution >= 4 is 8.80 Å². The van der Waals surface area contributed by atoms with Gasteiger partial charge < -0.3 is 13.3 Å². The highest BCUT2D eigenvalue weighted by Gasteiger charge is 2.95. The van der Waals surface area contributed by atoms with E-state index in [0.717, 1.165) is 0 Å². The summed E-state index contributed by atoms with van der Waals surface area (Å²) in [6, 6.07) is -1.56. The molecule has 0 aromatic heterocycles. The van der Waals surface area contributed by atoms with Crippen molar-refractivity contribution in [3.63, 3.8) is 0 Å². The Morgan fingerprint density at radius 1 is 0.436 bits per heavy atom. The second-order valence-electron chi connectivity index (χ2n) is 7.13. The molecule has 0 aliphatic carbocycles. The van der Waals surface area contributed by atoms with Crippen LogP contribution in [0.3, 0.4) is 0 Å². The molecule has 0 fully saturated rings. The van der Waals surface area contributed by atoms with Crippen molar-refractivity contribution in [2.75, 3.05) is 27.0 Å². The van der Waals surface area contributed by atoms with E-state index in [2.05, 4.69) is 0 Å². The van der Waals surface area contributed by atoms with E-state index in [9.17, 15) is 79.0 Å². The van der Waals surface area contributed by atoms with Gasteiger partial charge in [-0.3, -0.25) is 4.39 Å². The molecule has 0 aliphatic heterocycles. The average Bonchev–Trinajstić information content (AvgIpc) is 2.78. The molecule has 0 aromatic carbocycles. The van der Waals surface area contributed by atoms with Crippen LogP contribution in [0.4, 0.5) is 79.0 Å². The molecule has 0 heterocycles. The van der Waals surface area contributed by atoms with E-state index in [0.29, 0.717) is 7.18 Å². The predicted molar refractivity (Wildman–Crippen MR) is 97.8 cm³/mol. The molecular formula is C17H22F18O3Si. The molecule has 0 saturated carbocycles. The number of rotatable bonds is 15. The Hall–Kier alpha value is -1.16. The van der Waals surface area contributed by atoms with Crippen molar-refractivity contribution in [2.45, 2.75) is 80.9 Å². The minimum absolute atomic E-state index is 0.420. The van der Waals surface area contributed by atoms with E-state index < -0.39 is 88.7 Å². The van der Waals surface area contributed by atoms with E-state index in [-0.39, 0.29) is 0 Å². The van der Waals surface area contributed by atoms with Crippen molar-refractivity contribution in [1.29, 1.82) is 0 Å². The van der Waals surface area contributed by atoms with Crippen LogP contribution in [-0.2, 0) is 13.3 Å². The Morgan fingerprint density at radius 2 is 0.692 bits per heavy atom. The summed E-state index contributed by atoms with van der Waals surface area (Å²) in [5, 5.41) is 0. The Kier molecular flexibility index (Phi) is 13.1. The van der Waals surface area contributed by atoms with E-state index in [1.165, 1.54) is 20.8 Å². The zero-order chi connectivity index (χ0) is 32.2. The van der Waals surface area contributed by atoms with Crippen LogP contribution in [0.2, 0.25) is 6.04 Å². The van der Waals surface area contributed by atoms with Gasteiger partial charge >= 0.3 is 56.4 Å². The molecule has 238 valence electrons. The van der Waals surface area contributed by atoms with Crippen LogP contribution in [0.1, 0.15) is 27.2 Å². The van der Waals surface area contributed by atoms with Crippen molar-refractivity contribution in [3.8, 4) is 0 Å². The zero-order valence-corrected chi connectivity index (χ0v) is 21.1. The molecule has 39 heavy (non-hydrogen) atoms. The summed E-state index contributed by atoms with van der Waals surface area (Å²) in [7, 11) is -3.94. The Labute approximate surface area is 210 Å². The topological polar surface area (TPSA) is 27.7 Å². The summed E-state index contributed by atoms with van der Waals surface area (Å²) in [5.74, 6) is -56.5. The normalized spacial score (nSPS) is 15.2. The first kappa shape index (κ1) is 40.0. The molecule has 0 N–H and O–H groups in total. The summed E-state index contributed by atoms with van der Waals surface area (Å²) in [6.45, 7) is 2.33. The lowest BCUT2D eigenvalue weighted by Gasteiger charge is -2.43. The Morgan fingerprint density at radius 3 is 0.949 bits per heavy atom. The van der Waals surface area contributed by atoms with Gasteiger partial charge in [-0.25, -0.2) is 0 Å². The third kappa shape index (κ3) is 6.84. The highest BCUT2D eigenvalue weighted by Crippen LogP contribution is 2.64. The van der Waals surface area contributed by atoms with E-state index in [4.69, 9.17) is 13.3 Å². The molecule has 0 spiro atoms. The fraction of sp³-hybridized carbons (Fsp3) is 1.00. The number of hydrogen-bond donors (Lipinski definition) is 0. The van der Waals surface area contributed by atoms with Gasteiger partial charge in [0.1, 0.15) is 0 Å². The highest BCUT2D eigenvalue weighted by atomic mass is 28.4. The molecule has 0 aromatic rings. The van der Waals surface area contributed by atoms with Crippen LogP contribution in [0.25, 0.3) is 0 Å². The van der Waals surface area contributed by atoms with E-state index in [1.807, 2.05) is 0 Å². The van der Waals surface area contributed by atoms with Crippen molar-refractivity contribution in [2.24, 2.45) is 0 Å². The summed E-state index contributed by atoms with van der Waals surface area (Å²) < 4.78 is 251. The number of alkyl halides is 18. The lowest BCUT2D eigenvalue weighted by atomic mass is 9.88. The lowest BCUT2D eigenvalue weighted by Crippen LogP contribution is -2.74. The van der Waals surface area contributed by atoms with Gasteiger partial charge in [0.15, 0.2) is 0 Å². The molecule has 0 saturated heterocycles. The molecule has 0 atom stereocenters. The van der Waals surface area contributed by atoms with Gasteiger partial charge in [-0.15, -0.1) is 0 Å².